The van der Waals surface area contributed by atoms with Crippen molar-refractivity contribution in [3.63, 3.8) is 0 Å². The van der Waals surface area contributed by atoms with Crippen LogP contribution < -0.4 is 0 Å². The van der Waals surface area contributed by atoms with E-state index in [-0.39, 0.29) is 22.9 Å². The van der Waals surface area contributed by atoms with Crippen LogP contribution in [0, 0.1) is 23.2 Å². The van der Waals surface area contributed by atoms with Crippen LogP contribution in [0.1, 0.15) is 70.4 Å². The number of benzene rings is 1. The molecule has 6 rings (SSSR count). The van der Waals surface area contributed by atoms with E-state index >= 15 is 0 Å². The molecule has 0 spiro atoms. The van der Waals surface area contributed by atoms with Gasteiger partial charge >= 0.3 is 5.97 Å². The van der Waals surface area contributed by atoms with E-state index in [1.165, 1.54) is 43.7 Å². The number of pyridine rings is 1. The zero-order valence-corrected chi connectivity index (χ0v) is 20.1. The zero-order chi connectivity index (χ0) is 22.8. The highest BCUT2D eigenvalue weighted by atomic mass is 16.5. The third kappa shape index (κ3) is 3.22. The van der Waals surface area contributed by atoms with Gasteiger partial charge in [0.2, 0.25) is 0 Å². The van der Waals surface area contributed by atoms with Gasteiger partial charge in [-0.25, -0.2) is 0 Å². The molecule has 4 aliphatic rings. The van der Waals surface area contributed by atoms with Crippen LogP contribution in [0.2, 0.25) is 0 Å². The summed E-state index contributed by atoms with van der Waals surface area (Å²) in [5.41, 5.74) is 7.43. The Morgan fingerprint density at radius 1 is 1.03 bits per heavy atom. The molecule has 2 saturated carbocycles. The highest BCUT2D eigenvalue weighted by molar-refractivity contribution is 5.66. The topological polar surface area (TPSA) is 39.2 Å². The normalized spacial score (nSPS) is 36.6. The Labute approximate surface area is 197 Å². The lowest BCUT2D eigenvalue weighted by Crippen LogP contribution is -2.51. The van der Waals surface area contributed by atoms with Gasteiger partial charge in [-0.3, -0.25) is 9.78 Å². The van der Waals surface area contributed by atoms with Crippen molar-refractivity contribution in [3.8, 4) is 11.3 Å². The van der Waals surface area contributed by atoms with Crippen LogP contribution in [0.5, 0.6) is 0 Å². The van der Waals surface area contributed by atoms with Crippen LogP contribution in [-0.4, -0.2) is 17.1 Å². The van der Waals surface area contributed by atoms with Crippen LogP contribution in [0.25, 0.3) is 11.3 Å². The van der Waals surface area contributed by atoms with Gasteiger partial charge in [0, 0.05) is 25.1 Å². The van der Waals surface area contributed by atoms with E-state index < -0.39 is 0 Å². The number of carbonyl (C=O) groups excluding carboxylic acids is 1. The molecule has 1 aromatic carbocycles. The van der Waals surface area contributed by atoms with E-state index in [2.05, 4.69) is 62.5 Å². The van der Waals surface area contributed by atoms with E-state index in [9.17, 15) is 4.79 Å². The molecule has 2 fully saturated rings. The largest absolute Gasteiger partial charge is 0.462 e. The number of hydrogen-bond donors (Lipinski definition) is 0. The van der Waals surface area contributed by atoms with Crippen LogP contribution >= 0.6 is 0 Å². The molecule has 4 aliphatic carbocycles. The second-order valence-electron chi connectivity index (χ2n) is 11.5. The Bertz CT molecular complexity index is 1120. The molecule has 0 unspecified atom stereocenters. The van der Waals surface area contributed by atoms with Gasteiger partial charge in [-0.15, -0.1) is 0 Å². The number of nitrogens with zero attached hydrogens (tertiary/aromatic N) is 1. The van der Waals surface area contributed by atoms with E-state index in [4.69, 9.17) is 9.72 Å². The highest BCUT2D eigenvalue weighted by Crippen LogP contribution is 2.64. The molecule has 0 radical (unpaired) electrons. The fraction of sp³-hybridized carbons (Fsp3) is 0.533. The van der Waals surface area contributed by atoms with Crippen molar-refractivity contribution in [2.24, 2.45) is 23.2 Å². The number of rotatable bonds is 2. The molecule has 172 valence electrons. The molecular formula is C30H35NO2. The first-order valence-electron chi connectivity index (χ1n) is 12.8. The molecule has 3 heteroatoms. The molecule has 0 aliphatic heterocycles. The van der Waals surface area contributed by atoms with Crippen molar-refractivity contribution in [1.29, 1.82) is 0 Å². The van der Waals surface area contributed by atoms with Crippen molar-refractivity contribution in [1.82, 2.24) is 4.98 Å². The van der Waals surface area contributed by atoms with Crippen molar-refractivity contribution < 1.29 is 9.53 Å². The van der Waals surface area contributed by atoms with Crippen molar-refractivity contribution in [2.45, 2.75) is 77.2 Å². The summed E-state index contributed by atoms with van der Waals surface area (Å²) in [5, 5.41) is 0. The Morgan fingerprint density at radius 2 is 1.82 bits per heavy atom. The van der Waals surface area contributed by atoms with Crippen molar-refractivity contribution >= 4 is 5.97 Å². The molecule has 6 atom stereocenters. The van der Waals surface area contributed by atoms with Gasteiger partial charge in [0.05, 0.1) is 5.69 Å². The summed E-state index contributed by atoms with van der Waals surface area (Å²) in [6, 6.07) is 13.0. The third-order valence-electron chi connectivity index (χ3n) is 9.89. The average Bonchev–Trinajstić information content (AvgIpc) is 3.11. The maximum atomic E-state index is 11.5. The predicted octanol–water partition coefficient (Wildman–Crippen LogP) is 6.66. The Balaban J connectivity index is 1.31. The standard InChI is InChI=1S/C30H35NO2/c1-19(32)33-23-11-13-29(2)22(16-23)9-10-24-25(29)12-14-30(3)26-17-28(20-7-5-4-6-8-20)31-18-21(26)15-27(24)30/h4-9,17-18,23-25,27H,10-16H2,1-3H3/t23-,24+,25-,27-,29-,30+/m0/s1. The molecular weight excluding hydrogens is 406 g/mol. The quantitative estimate of drug-likeness (QED) is 0.386. The van der Waals surface area contributed by atoms with Crippen LogP contribution in [-0.2, 0) is 21.4 Å². The Kier molecular flexibility index (Phi) is 4.83. The summed E-state index contributed by atoms with van der Waals surface area (Å²) in [6.45, 7) is 6.59. The predicted molar refractivity (Wildman–Crippen MR) is 131 cm³/mol. The lowest BCUT2D eigenvalue weighted by molar-refractivity contribution is -0.148. The summed E-state index contributed by atoms with van der Waals surface area (Å²) in [6.07, 6.45) is 12.8. The first-order valence-corrected chi connectivity index (χ1v) is 12.8. The van der Waals surface area contributed by atoms with Gasteiger partial charge in [0.15, 0.2) is 0 Å². The molecule has 1 heterocycles. The van der Waals surface area contributed by atoms with Gasteiger partial charge in [0.1, 0.15) is 6.10 Å². The number of fused-ring (bicyclic) bond motifs is 7. The maximum Gasteiger partial charge on any atom is 0.302 e. The molecule has 0 amide bonds. The molecule has 1 aromatic heterocycles. The second kappa shape index (κ2) is 7.55. The van der Waals surface area contributed by atoms with E-state index in [0.29, 0.717) is 5.92 Å². The highest BCUT2D eigenvalue weighted by Gasteiger charge is 2.57. The maximum absolute atomic E-state index is 11.5. The van der Waals surface area contributed by atoms with Gasteiger partial charge in [-0.2, -0.15) is 0 Å². The average molecular weight is 442 g/mol. The fourth-order valence-corrected chi connectivity index (χ4v) is 8.18. The second-order valence-corrected chi connectivity index (χ2v) is 11.5. The number of esters is 1. The van der Waals surface area contributed by atoms with E-state index in [0.717, 1.165) is 36.8 Å². The summed E-state index contributed by atoms with van der Waals surface area (Å²) in [4.78, 5) is 16.4. The van der Waals surface area contributed by atoms with Crippen molar-refractivity contribution in [3.05, 3.63) is 65.4 Å². The lowest BCUT2D eigenvalue weighted by Gasteiger charge is -2.57. The number of aromatic nitrogens is 1. The monoisotopic (exact) mass is 441 g/mol. The molecule has 2 aromatic rings. The summed E-state index contributed by atoms with van der Waals surface area (Å²) in [7, 11) is 0. The number of allylic oxidation sites excluding steroid dienone is 1. The minimum absolute atomic E-state index is 0.0745. The number of hydrogen-bond acceptors (Lipinski definition) is 3. The van der Waals surface area contributed by atoms with Crippen LogP contribution in [0.15, 0.2) is 54.2 Å². The zero-order valence-electron chi connectivity index (χ0n) is 20.1. The lowest BCUT2D eigenvalue weighted by atomic mass is 9.47. The van der Waals surface area contributed by atoms with Gasteiger partial charge in [-0.1, -0.05) is 55.8 Å². The minimum Gasteiger partial charge on any atom is -0.462 e. The van der Waals surface area contributed by atoms with Gasteiger partial charge in [-0.05, 0) is 84.3 Å². The van der Waals surface area contributed by atoms with Crippen molar-refractivity contribution in [2.75, 3.05) is 0 Å². The summed E-state index contributed by atoms with van der Waals surface area (Å²) in [5.74, 6) is 2.03. The number of ether oxygens (including phenoxy) is 1. The summed E-state index contributed by atoms with van der Waals surface area (Å²) >= 11 is 0. The van der Waals surface area contributed by atoms with Gasteiger partial charge < -0.3 is 4.74 Å². The molecule has 0 N–H and O–H groups in total. The number of carbonyl (C=O) groups is 1. The Morgan fingerprint density at radius 3 is 2.61 bits per heavy atom. The first-order chi connectivity index (χ1) is 15.9. The third-order valence-corrected chi connectivity index (χ3v) is 9.89. The smallest absolute Gasteiger partial charge is 0.302 e. The molecule has 3 nitrogen and oxygen atoms in total. The first kappa shape index (κ1) is 21.1. The van der Waals surface area contributed by atoms with Gasteiger partial charge in [0.25, 0.3) is 0 Å². The molecule has 0 bridgehead atoms. The molecule has 33 heavy (non-hydrogen) atoms. The Hall–Kier alpha value is -2.42. The SMILES string of the molecule is CC(=O)O[C@H]1CC[C@@]2(C)C(=CC[C@@H]3[C@@H]2CC[C@]2(C)c4cc(-c5ccccc5)ncc4C[C@@H]32)C1. The van der Waals surface area contributed by atoms with E-state index in [1.54, 1.807) is 11.1 Å². The fourth-order valence-electron chi connectivity index (χ4n) is 8.18. The van der Waals surface area contributed by atoms with E-state index in [1.807, 2.05) is 0 Å². The summed E-state index contributed by atoms with van der Waals surface area (Å²) < 4.78 is 5.61. The van der Waals surface area contributed by atoms with Crippen LogP contribution in [0.4, 0.5) is 0 Å². The minimum atomic E-state index is -0.140. The molecule has 0 saturated heterocycles. The van der Waals surface area contributed by atoms with Crippen LogP contribution in [0.3, 0.4) is 0 Å².